The molecule has 0 rings (SSSR count). The van der Waals surface area contributed by atoms with E-state index < -0.39 is 24.0 Å². The number of carboxylic acid groups (broad SMARTS) is 1. The van der Waals surface area contributed by atoms with E-state index in [4.69, 9.17) is 5.11 Å². The van der Waals surface area contributed by atoms with Gasteiger partial charge in [0.25, 0.3) is 0 Å². The molecule has 8 nitrogen and oxygen atoms in total. The molecule has 0 heterocycles. The Labute approximate surface area is 123 Å². The number of aliphatic carboxylic acids is 1. The molecule has 0 aliphatic carbocycles. The third-order valence-electron chi connectivity index (χ3n) is 2.72. The van der Waals surface area contributed by atoms with Gasteiger partial charge in [0, 0.05) is 20.4 Å². The Morgan fingerprint density at radius 1 is 1.00 bits per heavy atom. The molecular formula is C13H23N3O5. The smallest absolute Gasteiger partial charge is 0.325 e. The van der Waals surface area contributed by atoms with E-state index >= 15 is 0 Å². The summed E-state index contributed by atoms with van der Waals surface area (Å²) in [6.07, 6.45) is 1.65. The van der Waals surface area contributed by atoms with Gasteiger partial charge in [-0.3, -0.25) is 19.2 Å². The number of amides is 3. The van der Waals surface area contributed by atoms with Gasteiger partial charge in [-0.25, -0.2) is 0 Å². The van der Waals surface area contributed by atoms with Crippen LogP contribution in [-0.4, -0.2) is 47.4 Å². The summed E-state index contributed by atoms with van der Waals surface area (Å²) in [6.45, 7) is 4.55. The van der Waals surface area contributed by atoms with E-state index in [9.17, 15) is 19.2 Å². The lowest BCUT2D eigenvalue weighted by molar-refractivity contribution is -0.141. The highest BCUT2D eigenvalue weighted by Gasteiger charge is 2.22. The molecule has 0 saturated heterocycles. The average molecular weight is 301 g/mol. The maximum Gasteiger partial charge on any atom is 0.325 e. The first-order chi connectivity index (χ1) is 9.73. The number of hydrogen-bond donors (Lipinski definition) is 4. The summed E-state index contributed by atoms with van der Waals surface area (Å²) in [4.78, 5) is 44.4. The zero-order valence-corrected chi connectivity index (χ0v) is 12.6. The van der Waals surface area contributed by atoms with Crippen LogP contribution in [0.4, 0.5) is 0 Å². The van der Waals surface area contributed by atoms with Gasteiger partial charge >= 0.3 is 5.97 Å². The molecule has 120 valence electrons. The molecule has 0 saturated carbocycles. The quantitative estimate of drug-likeness (QED) is 0.423. The fraction of sp³-hybridized carbons (Fsp3) is 0.692. The maximum atomic E-state index is 11.9. The Bertz CT molecular complexity index is 397. The average Bonchev–Trinajstić information content (AvgIpc) is 2.35. The van der Waals surface area contributed by atoms with Crippen LogP contribution < -0.4 is 16.0 Å². The Morgan fingerprint density at radius 2 is 1.62 bits per heavy atom. The van der Waals surface area contributed by atoms with Gasteiger partial charge < -0.3 is 21.1 Å². The number of rotatable bonds is 9. The van der Waals surface area contributed by atoms with Crippen LogP contribution in [0.2, 0.25) is 0 Å². The monoisotopic (exact) mass is 301 g/mol. The van der Waals surface area contributed by atoms with Crippen molar-refractivity contribution >= 4 is 23.7 Å². The first kappa shape index (κ1) is 18.9. The van der Waals surface area contributed by atoms with Crippen LogP contribution in [0.25, 0.3) is 0 Å². The van der Waals surface area contributed by atoms with Crippen LogP contribution in [0, 0.1) is 0 Å². The van der Waals surface area contributed by atoms with Gasteiger partial charge in [-0.2, -0.15) is 0 Å². The van der Waals surface area contributed by atoms with E-state index in [1.165, 1.54) is 20.8 Å². The second-order valence-electron chi connectivity index (χ2n) is 4.80. The molecule has 21 heavy (non-hydrogen) atoms. The van der Waals surface area contributed by atoms with E-state index in [0.29, 0.717) is 25.8 Å². The summed E-state index contributed by atoms with van der Waals surface area (Å²) in [5.74, 6) is -2.16. The molecule has 8 heteroatoms. The van der Waals surface area contributed by atoms with Crippen molar-refractivity contribution in [2.24, 2.45) is 0 Å². The summed E-state index contributed by atoms with van der Waals surface area (Å²) >= 11 is 0. The lowest BCUT2D eigenvalue weighted by atomic mass is 10.1. The van der Waals surface area contributed by atoms with Crippen molar-refractivity contribution in [2.45, 2.75) is 52.1 Å². The number of carbonyl (C=O) groups excluding carboxylic acids is 3. The molecule has 0 fully saturated rings. The second-order valence-corrected chi connectivity index (χ2v) is 4.80. The van der Waals surface area contributed by atoms with Crippen molar-refractivity contribution in [1.82, 2.24) is 16.0 Å². The molecule has 0 aromatic carbocycles. The van der Waals surface area contributed by atoms with Gasteiger partial charge in [0.2, 0.25) is 17.7 Å². The van der Waals surface area contributed by atoms with Crippen LogP contribution in [0.3, 0.4) is 0 Å². The molecule has 4 N–H and O–H groups in total. The number of hydrogen-bond acceptors (Lipinski definition) is 4. The Hall–Kier alpha value is -2.12. The van der Waals surface area contributed by atoms with Gasteiger partial charge in [-0.05, 0) is 26.2 Å². The third kappa shape index (κ3) is 9.42. The third-order valence-corrected chi connectivity index (χ3v) is 2.72. The van der Waals surface area contributed by atoms with Crippen molar-refractivity contribution < 1.29 is 24.3 Å². The second kappa shape index (κ2) is 9.73. The number of unbranched alkanes of at least 4 members (excludes halogenated alkanes) is 1. The van der Waals surface area contributed by atoms with Gasteiger partial charge in [0.15, 0.2) is 0 Å². The van der Waals surface area contributed by atoms with E-state index in [-0.39, 0.29) is 11.8 Å². The normalized spacial score (nSPS) is 12.9. The van der Waals surface area contributed by atoms with E-state index in [1.54, 1.807) is 0 Å². The van der Waals surface area contributed by atoms with Crippen LogP contribution in [0.5, 0.6) is 0 Å². The fourth-order valence-corrected chi connectivity index (χ4v) is 1.63. The topological polar surface area (TPSA) is 125 Å². The summed E-state index contributed by atoms with van der Waals surface area (Å²) in [6, 6.07) is -1.80. The van der Waals surface area contributed by atoms with Crippen LogP contribution in [-0.2, 0) is 19.2 Å². The highest BCUT2D eigenvalue weighted by Crippen LogP contribution is 2.02. The van der Waals surface area contributed by atoms with Crippen LogP contribution in [0.15, 0.2) is 0 Å². The highest BCUT2D eigenvalue weighted by molar-refractivity contribution is 5.89. The maximum absolute atomic E-state index is 11.9. The molecule has 0 aromatic rings. The zero-order chi connectivity index (χ0) is 16.4. The minimum absolute atomic E-state index is 0.124. The van der Waals surface area contributed by atoms with E-state index in [0.717, 1.165) is 0 Å². The molecule has 2 unspecified atom stereocenters. The van der Waals surface area contributed by atoms with E-state index in [1.807, 2.05) is 0 Å². The largest absolute Gasteiger partial charge is 0.480 e. The lowest BCUT2D eigenvalue weighted by Crippen LogP contribution is -2.50. The lowest BCUT2D eigenvalue weighted by Gasteiger charge is -2.19. The molecule has 0 spiro atoms. The highest BCUT2D eigenvalue weighted by atomic mass is 16.4. The predicted molar refractivity (Wildman–Crippen MR) is 75.4 cm³/mol. The van der Waals surface area contributed by atoms with Gasteiger partial charge in [0.1, 0.15) is 12.1 Å². The minimum Gasteiger partial charge on any atom is -0.480 e. The van der Waals surface area contributed by atoms with Crippen molar-refractivity contribution in [1.29, 1.82) is 0 Å². The summed E-state index contributed by atoms with van der Waals surface area (Å²) in [5, 5.41) is 16.2. The summed E-state index contributed by atoms with van der Waals surface area (Å²) in [5.41, 5.74) is 0. The Morgan fingerprint density at radius 3 is 2.10 bits per heavy atom. The standard InChI is InChI=1S/C13H23N3O5/c1-8(13(20)21)15-12(19)11(16-10(3)18)6-4-5-7-14-9(2)17/h8,11H,4-7H2,1-3H3,(H,14,17)(H,15,19)(H,16,18)(H,20,21). The van der Waals surface area contributed by atoms with Gasteiger partial charge in [-0.1, -0.05) is 0 Å². The molecule has 0 bridgehead atoms. The number of nitrogens with one attached hydrogen (secondary N) is 3. The molecule has 0 aliphatic heterocycles. The van der Waals surface area contributed by atoms with Gasteiger partial charge in [-0.15, -0.1) is 0 Å². The first-order valence-electron chi connectivity index (χ1n) is 6.78. The van der Waals surface area contributed by atoms with Crippen LogP contribution in [0.1, 0.15) is 40.0 Å². The van der Waals surface area contributed by atoms with Crippen molar-refractivity contribution in [3.63, 3.8) is 0 Å². The Balaban J connectivity index is 4.30. The van der Waals surface area contributed by atoms with Gasteiger partial charge in [0.05, 0.1) is 0 Å². The molecule has 2 atom stereocenters. The predicted octanol–water partition coefficient (Wildman–Crippen LogP) is -0.613. The summed E-state index contributed by atoms with van der Waals surface area (Å²) in [7, 11) is 0. The van der Waals surface area contributed by atoms with Crippen molar-refractivity contribution in [3.8, 4) is 0 Å². The Kier molecular flexibility index (Phi) is 8.75. The molecular weight excluding hydrogens is 278 g/mol. The molecule has 0 radical (unpaired) electrons. The van der Waals surface area contributed by atoms with Crippen LogP contribution >= 0.6 is 0 Å². The number of carboxylic acids is 1. The molecule has 0 aliphatic rings. The molecule has 3 amide bonds. The zero-order valence-electron chi connectivity index (χ0n) is 12.6. The van der Waals surface area contributed by atoms with Crippen molar-refractivity contribution in [2.75, 3.05) is 6.54 Å². The SMILES string of the molecule is CC(=O)NCCCCC(NC(C)=O)C(=O)NC(C)C(=O)O. The summed E-state index contributed by atoms with van der Waals surface area (Å²) < 4.78 is 0. The minimum atomic E-state index is -1.14. The first-order valence-corrected chi connectivity index (χ1v) is 6.78. The molecule has 0 aromatic heterocycles. The number of carbonyl (C=O) groups is 4. The van der Waals surface area contributed by atoms with Crippen molar-refractivity contribution in [3.05, 3.63) is 0 Å². The van der Waals surface area contributed by atoms with E-state index in [2.05, 4.69) is 16.0 Å². The fourth-order valence-electron chi connectivity index (χ4n) is 1.63.